The molecule has 0 spiro atoms. The number of hydrogen-bond acceptors (Lipinski definition) is 5. The molecule has 2 aromatic carbocycles. The molecule has 1 fully saturated rings. The number of carbonyl (C=O) groups is 1. The quantitative estimate of drug-likeness (QED) is 0.556. The number of carboxylic acids is 1. The van der Waals surface area contributed by atoms with Crippen molar-refractivity contribution in [2.24, 2.45) is 0 Å². The van der Waals surface area contributed by atoms with Crippen LogP contribution in [0.1, 0.15) is 42.6 Å². The van der Waals surface area contributed by atoms with Crippen LogP contribution in [-0.2, 0) is 16.3 Å². The van der Waals surface area contributed by atoms with E-state index in [2.05, 4.69) is 9.62 Å². The highest BCUT2D eigenvalue weighted by Gasteiger charge is 2.22. The average molecular weight is 481 g/mol. The first-order chi connectivity index (χ1) is 15.1. The Morgan fingerprint density at radius 1 is 1.25 bits per heavy atom. The third-order valence-corrected chi connectivity index (χ3v) is 8.42. The number of carboxylic acid groups (broad SMARTS) is 1. The Hall–Kier alpha value is -2.39. The smallest absolute Gasteiger partial charge is 0.335 e. The normalized spacial score (nSPS) is 16.2. The summed E-state index contributed by atoms with van der Waals surface area (Å²) < 4.78 is 41.5. The van der Waals surface area contributed by atoms with Crippen molar-refractivity contribution in [2.45, 2.75) is 49.1 Å². The van der Waals surface area contributed by atoms with E-state index in [1.165, 1.54) is 0 Å². The number of hydrogen-bond donors (Lipinski definition) is 2. The predicted molar refractivity (Wildman–Crippen MR) is 130 cm³/mol. The second-order valence-corrected chi connectivity index (χ2v) is 11.6. The number of sulfone groups is 1. The van der Waals surface area contributed by atoms with Gasteiger partial charge >= 0.3 is 5.97 Å². The van der Waals surface area contributed by atoms with Gasteiger partial charge in [0.2, 0.25) is 0 Å². The molecule has 0 radical (unpaired) electrons. The summed E-state index contributed by atoms with van der Waals surface area (Å²) in [6, 6.07) is 10.0. The van der Waals surface area contributed by atoms with E-state index in [1.807, 2.05) is 25.3 Å². The maximum absolute atomic E-state index is 13.7. The van der Waals surface area contributed by atoms with Crippen molar-refractivity contribution in [3.05, 3.63) is 47.5 Å². The average Bonchev–Trinajstić information content (AvgIpc) is 2.77. The van der Waals surface area contributed by atoms with Crippen LogP contribution in [0, 0.1) is 0 Å². The molecule has 6 nitrogen and oxygen atoms in total. The molecule has 0 saturated carbocycles. The number of aromatic carboxylic acids is 1. The van der Waals surface area contributed by atoms with E-state index in [-0.39, 0.29) is 10.5 Å². The molecule has 1 aliphatic rings. The van der Waals surface area contributed by atoms with Gasteiger partial charge in [-0.3, -0.25) is 0 Å². The number of nitrogens with zero attached hydrogens (tertiary/aromatic N) is 1. The van der Waals surface area contributed by atoms with E-state index in [1.54, 1.807) is 30.3 Å². The van der Waals surface area contributed by atoms with Crippen LogP contribution in [-0.4, -0.2) is 50.4 Å². The molecule has 2 aromatic rings. The lowest BCUT2D eigenvalue weighted by Gasteiger charge is -2.32. The highest BCUT2D eigenvalue weighted by Crippen LogP contribution is 2.38. The predicted octanol–water partition coefficient (Wildman–Crippen LogP) is 4.77. The fourth-order valence-corrected chi connectivity index (χ4v) is 6.01. The van der Waals surface area contributed by atoms with Gasteiger partial charge in [-0.2, -0.15) is 0 Å². The van der Waals surface area contributed by atoms with Crippen LogP contribution in [0.25, 0.3) is 0 Å². The van der Waals surface area contributed by atoms with Crippen molar-refractivity contribution >= 4 is 43.2 Å². The number of alkyl halides is 1. The summed E-state index contributed by atoms with van der Waals surface area (Å²) in [6.07, 6.45) is 1.94. The molecule has 174 valence electrons. The molecule has 1 heterocycles. The van der Waals surface area contributed by atoms with E-state index in [4.69, 9.17) is 0 Å². The molecule has 1 atom stereocenters. The van der Waals surface area contributed by atoms with Crippen molar-refractivity contribution in [3.63, 3.8) is 0 Å². The highest BCUT2D eigenvalue weighted by molar-refractivity contribution is 8.16. The van der Waals surface area contributed by atoms with E-state index in [0.29, 0.717) is 31.6 Å². The molecule has 1 unspecified atom stereocenters. The Balaban J connectivity index is 2.07. The second-order valence-electron chi connectivity index (χ2n) is 7.77. The van der Waals surface area contributed by atoms with E-state index < -0.39 is 32.6 Å². The Morgan fingerprint density at radius 2 is 1.94 bits per heavy atom. The van der Waals surface area contributed by atoms with Crippen LogP contribution < -0.4 is 9.62 Å². The maximum Gasteiger partial charge on any atom is 0.335 e. The maximum atomic E-state index is 13.7. The molecule has 9 heteroatoms. The lowest BCUT2D eigenvalue weighted by molar-refractivity contribution is 0.0696. The summed E-state index contributed by atoms with van der Waals surface area (Å²) in [7, 11) is -4.10. The topological polar surface area (TPSA) is 86.7 Å². The Kier molecular flexibility index (Phi) is 7.61. The first-order valence-electron chi connectivity index (χ1n) is 10.5. The van der Waals surface area contributed by atoms with Gasteiger partial charge in [-0.05, 0) is 67.4 Å². The molecular formula is C23H29FN2O4S2. The third kappa shape index (κ3) is 5.50. The van der Waals surface area contributed by atoms with Crippen LogP contribution in [0.2, 0.25) is 0 Å². The van der Waals surface area contributed by atoms with E-state index in [9.17, 15) is 22.7 Å². The standard InChI is InChI=1S/C23H29FN2O4S2/c1-4-16-6-7-17(23(27)28)14-22(16)31(5-2)25-20-15-19(32(3,29)30)8-9-21(20)26-12-10-18(24)11-13-26/h5-9,14-15,18,25H,4,10-13H2,1-3H3,(H,27,28). The zero-order chi connectivity index (χ0) is 23.5. The number of halogens is 1. The number of benzene rings is 2. The van der Waals surface area contributed by atoms with Gasteiger partial charge in [-0.25, -0.2) is 17.6 Å². The minimum Gasteiger partial charge on any atom is -0.478 e. The number of aryl methyl sites for hydroxylation is 1. The van der Waals surface area contributed by atoms with E-state index >= 15 is 0 Å². The van der Waals surface area contributed by atoms with Crippen LogP contribution >= 0.6 is 10.7 Å². The minimum atomic E-state index is -3.42. The van der Waals surface area contributed by atoms with Crippen LogP contribution in [0.4, 0.5) is 15.8 Å². The number of nitrogens with one attached hydrogen (secondary N) is 1. The minimum absolute atomic E-state index is 0.193. The Morgan fingerprint density at radius 3 is 2.50 bits per heavy atom. The zero-order valence-corrected chi connectivity index (χ0v) is 20.1. The van der Waals surface area contributed by atoms with Gasteiger partial charge in [0.25, 0.3) is 0 Å². The van der Waals surface area contributed by atoms with Gasteiger partial charge in [-0.15, -0.1) is 0 Å². The van der Waals surface area contributed by atoms with Crippen LogP contribution in [0.5, 0.6) is 0 Å². The van der Waals surface area contributed by atoms with Crippen LogP contribution in [0.15, 0.2) is 46.2 Å². The SMILES string of the molecule is C/C=S(\Nc1cc(S(C)(=O)=O)ccc1N1CCC(F)CC1)c1cc(C(=O)O)ccc1CC. The summed E-state index contributed by atoms with van der Waals surface area (Å²) in [5.41, 5.74) is 2.67. The van der Waals surface area contributed by atoms with E-state index in [0.717, 1.165) is 28.8 Å². The highest BCUT2D eigenvalue weighted by atomic mass is 32.2. The molecule has 2 N–H and O–H groups in total. The first kappa shape index (κ1) is 24.3. The summed E-state index contributed by atoms with van der Waals surface area (Å²) in [4.78, 5) is 14.6. The number of anilines is 2. The van der Waals surface area contributed by atoms with Gasteiger partial charge in [0.1, 0.15) is 6.17 Å². The lowest BCUT2D eigenvalue weighted by atomic mass is 10.1. The molecule has 0 bridgehead atoms. The van der Waals surface area contributed by atoms with Crippen molar-refractivity contribution in [2.75, 3.05) is 29.0 Å². The summed E-state index contributed by atoms with van der Waals surface area (Å²) in [6.45, 7) is 4.99. The Labute approximate surface area is 191 Å². The van der Waals surface area contributed by atoms with Gasteiger partial charge in [0.05, 0.1) is 21.8 Å². The summed E-state index contributed by atoms with van der Waals surface area (Å²) >= 11 is 0. The van der Waals surface area contributed by atoms with Gasteiger partial charge in [0.15, 0.2) is 9.84 Å². The first-order valence-corrected chi connectivity index (χ1v) is 13.7. The zero-order valence-electron chi connectivity index (χ0n) is 18.5. The fraction of sp³-hybridized carbons (Fsp3) is 0.391. The van der Waals surface area contributed by atoms with Gasteiger partial charge in [0, 0.05) is 24.2 Å². The second kappa shape index (κ2) is 10.0. The molecule has 1 saturated heterocycles. The number of rotatable bonds is 7. The monoisotopic (exact) mass is 480 g/mol. The molecule has 32 heavy (non-hydrogen) atoms. The van der Waals surface area contributed by atoms with Crippen molar-refractivity contribution in [3.8, 4) is 0 Å². The van der Waals surface area contributed by atoms with Crippen molar-refractivity contribution < 1.29 is 22.7 Å². The molecule has 0 amide bonds. The summed E-state index contributed by atoms with van der Waals surface area (Å²) in [5, 5.41) is 11.4. The lowest BCUT2D eigenvalue weighted by Crippen LogP contribution is -2.34. The van der Waals surface area contributed by atoms with Crippen molar-refractivity contribution in [1.29, 1.82) is 0 Å². The molecule has 1 aliphatic heterocycles. The van der Waals surface area contributed by atoms with Crippen LogP contribution in [0.3, 0.4) is 0 Å². The molecule has 3 rings (SSSR count). The Bertz CT molecular complexity index is 1140. The molecular weight excluding hydrogens is 451 g/mol. The number of piperidine rings is 1. The third-order valence-electron chi connectivity index (χ3n) is 5.55. The largest absolute Gasteiger partial charge is 0.478 e. The fourth-order valence-electron chi connectivity index (χ4n) is 3.74. The van der Waals surface area contributed by atoms with Gasteiger partial charge < -0.3 is 14.7 Å². The molecule has 0 aromatic heterocycles. The van der Waals surface area contributed by atoms with Gasteiger partial charge in [-0.1, -0.05) is 23.7 Å². The van der Waals surface area contributed by atoms with Crippen molar-refractivity contribution in [1.82, 2.24) is 0 Å². The summed E-state index contributed by atoms with van der Waals surface area (Å²) in [5.74, 6) is -0.998. The molecule has 0 aliphatic carbocycles.